The molecule has 2 amide bonds. The lowest BCUT2D eigenvalue weighted by Crippen LogP contribution is -2.39. The van der Waals surface area contributed by atoms with E-state index >= 15 is 0 Å². The number of hydrogen-bond acceptors (Lipinski definition) is 4. The Morgan fingerprint density at radius 1 is 1.14 bits per heavy atom. The fourth-order valence-corrected chi connectivity index (χ4v) is 5.99. The molecular formula is C21H33N3O3S. The monoisotopic (exact) mass is 407 g/mol. The lowest BCUT2D eigenvalue weighted by Gasteiger charge is -2.21. The quantitative estimate of drug-likeness (QED) is 0.694. The zero-order valence-corrected chi connectivity index (χ0v) is 18.1. The van der Waals surface area contributed by atoms with Crippen molar-refractivity contribution in [2.24, 2.45) is 5.92 Å². The van der Waals surface area contributed by atoms with Crippen molar-refractivity contribution in [2.45, 2.75) is 58.8 Å². The topological polar surface area (TPSA) is 78.5 Å². The Morgan fingerprint density at radius 2 is 1.75 bits per heavy atom. The summed E-state index contributed by atoms with van der Waals surface area (Å²) < 4.78 is 27.1. The smallest absolute Gasteiger partial charge is 0.307 e. The van der Waals surface area contributed by atoms with Crippen molar-refractivity contribution in [3.8, 4) is 0 Å². The third-order valence-corrected chi connectivity index (χ3v) is 7.20. The predicted octanol–water partition coefficient (Wildman–Crippen LogP) is 3.09. The maximum Gasteiger partial charge on any atom is 0.332 e. The first-order valence-electron chi connectivity index (χ1n) is 10.5. The molecule has 28 heavy (non-hydrogen) atoms. The molecular weight excluding hydrogens is 374 g/mol. The second kappa shape index (κ2) is 8.82. The molecule has 0 aromatic heterocycles. The van der Waals surface area contributed by atoms with Gasteiger partial charge in [0.25, 0.3) is 0 Å². The average Bonchev–Trinajstić information content (AvgIpc) is 3.22. The molecule has 0 saturated carbocycles. The molecule has 156 valence electrons. The van der Waals surface area contributed by atoms with Crippen molar-refractivity contribution in [3.63, 3.8) is 0 Å². The second-order valence-electron chi connectivity index (χ2n) is 8.44. The highest BCUT2D eigenvalue weighted by molar-refractivity contribution is 7.90. The minimum absolute atomic E-state index is 0.0490. The van der Waals surface area contributed by atoms with Crippen LogP contribution in [0.3, 0.4) is 0 Å². The van der Waals surface area contributed by atoms with Gasteiger partial charge in [-0.05, 0) is 86.7 Å². The third-order valence-electron chi connectivity index (χ3n) is 5.69. The Labute approximate surface area is 169 Å². The van der Waals surface area contributed by atoms with Crippen molar-refractivity contribution in [3.05, 3.63) is 28.3 Å². The molecule has 6 nitrogen and oxygen atoms in total. The summed E-state index contributed by atoms with van der Waals surface area (Å²) >= 11 is 0. The van der Waals surface area contributed by atoms with Gasteiger partial charge >= 0.3 is 6.03 Å². The van der Waals surface area contributed by atoms with E-state index in [2.05, 4.69) is 27.9 Å². The number of hydrogen-bond donors (Lipinski definition) is 2. The van der Waals surface area contributed by atoms with Crippen LogP contribution < -0.4 is 10.0 Å². The summed E-state index contributed by atoms with van der Waals surface area (Å²) in [7, 11) is -1.69. The number of fused-ring (bicyclic) bond motifs is 2. The van der Waals surface area contributed by atoms with E-state index in [-0.39, 0.29) is 11.7 Å². The highest BCUT2D eigenvalue weighted by atomic mass is 32.2. The van der Waals surface area contributed by atoms with Gasteiger partial charge in [-0.3, -0.25) is 0 Å². The van der Waals surface area contributed by atoms with Gasteiger partial charge in [0.1, 0.15) is 0 Å². The van der Waals surface area contributed by atoms with E-state index in [9.17, 15) is 13.2 Å². The van der Waals surface area contributed by atoms with Crippen molar-refractivity contribution >= 4 is 21.7 Å². The van der Waals surface area contributed by atoms with Crippen LogP contribution >= 0.6 is 0 Å². The van der Waals surface area contributed by atoms with Gasteiger partial charge in [0.2, 0.25) is 10.0 Å². The number of nitrogens with zero attached hydrogens (tertiary/aromatic N) is 1. The van der Waals surface area contributed by atoms with Crippen LogP contribution in [0, 0.1) is 5.92 Å². The van der Waals surface area contributed by atoms with E-state index in [1.54, 1.807) is 0 Å². The van der Waals surface area contributed by atoms with Gasteiger partial charge in [-0.25, -0.2) is 17.9 Å². The Hall–Kier alpha value is -1.60. The Kier molecular flexibility index (Phi) is 6.65. The molecule has 0 radical (unpaired) electrons. The lowest BCUT2D eigenvalue weighted by atomic mass is 9.99. The molecule has 7 heteroatoms. The number of carbonyl (C=O) groups excluding carboxylic acids is 1. The van der Waals surface area contributed by atoms with Crippen LogP contribution in [0.2, 0.25) is 0 Å². The Bertz CT molecular complexity index is 804. The zero-order valence-electron chi connectivity index (χ0n) is 17.3. The second-order valence-corrected chi connectivity index (χ2v) is 10.2. The number of carbonyl (C=O) groups is 1. The van der Waals surface area contributed by atoms with Gasteiger partial charge in [-0.1, -0.05) is 19.9 Å². The summed E-state index contributed by atoms with van der Waals surface area (Å²) in [6, 6.07) is 1.66. The van der Waals surface area contributed by atoms with Gasteiger partial charge in [0.15, 0.2) is 0 Å². The van der Waals surface area contributed by atoms with Gasteiger partial charge < -0.3 is 10.2 Å². The van der Waals surface area contributed by atoms with Gasteiger partial charge in [-0.2, -0.15) is 0 Å². The van der Waals surface area contributed by atoms with E-state index in [0.717, 1.165) is 57.2 Å². The molecule has 2 N–H and O–H groups in total. The van der Waals surface area contributed by atoms with Crippen LogP contribution in [0.25, 0.3) is 0 Å². The van der Waals surface area contributed by atoms with Crippen LogP contribution in [0.5, 0.6) is 0 Å². The summed E-state index contributed by atoms with van der Waals surface area (Å²) in [5.74, 6) is -0.105. The maximum atomic E-state index is 12.5. The van der Waals surface area contributed by atoms with Gasteiger partial charge in [0, 0.05) is 12.2 Å². The van der Waals surface area contributed by atoms with E-state index in [1.807, 2.05) is 14.0 Å². The zero-order chi connectivity index (χ0) is 20.3. The largest absolute Gasteiger partial charge is 0.332 e. The standard InChI is InChI=1S/C21H33N3O3S/c1-4-11-24(3)13-15(2)14-28(26,27)23-21(25)22-20-18-9-5-7-16(18)12-17-8-6-10-19(17)20/h12,15H,4-11,13-14H2,1-3H3,(H2,22,23,25). The molecule has 0 fully saturated rings. The number of urea groups is 1. The van der Waals surface area contributed by atoms with Crippen molar-refractivity contribution in [1.29, 1.82) is 0 Å². The van der Waals surface area contributed by atoms with Gasteiger partial charge in [-0.15, -0.1) is 0 Å². The summed E-state index contributed by atoms with van der Waals surface area (Å²) in [6.07, 6.45) is 7.20. The van der Waals surface area contributed by atoms with E-state index in [4.69, 9.17) is 0 Å². The highest BCUT2D eigenvalue weighted by Gasteiger charge is 2.26. The molecule has 0 bridgehead atoms. The Morgan fingerprint density at radius 3 is 2.32 bits per heavy atom. The minimum atomic E-state index is -3.68. The summed E-state index contributed by atoms with van der Waals surface area (Å²) in [5.41, 5.74) is 5.88. The van der Waals surface area contributed by atoms with Crippen molar-refractivity contribution in [1.82, 2.24) is 9.62 Å². The molecule has 1 aromatic rings. The highest BCUT2D eigenvalue weighted by Crippen LogP contribution is 2.38. The van der Waals surface area contributed by atoms with E-state index in [1.165, 1.54) is 22.3 Å². The third kappa shape index (κ3) is 5.06. The predicted molar refractivity (Wildman–Crippen MR) is 113 cm³/mol. The number of sulfonamides is 1. The summed E-state index contributed by atoms with van der Waals surface area (Å²) in [4.78, 5) is 14.6. The maximum absolute atomic E-state index is 12.5. The fourth-order valence-electron chi connectivity index (χ4n) is 4.72. The number of aryl methyl sites for hydroxylation is 2. The first kappa shape index (κ1) is 21.1. The number of rotatable bonds is 8. The first-order chi connectivity index (χ1) is 13.3. The Balaban J connectivity index is 1.65. The van der Waals surface area contributed by atoms with E-state index < -0.39 is 16.1 Å². The summed E-state index contributed by atoms with van der Waals surface area (Å²) in [5, 5.41) is 2.89. The first-order valence-corrected chi connectivity index (χ1v) is 12.1. The molecule has 1 unspecified atom stereocenters. The molecule has 0 spiro atoms. The molecule has 0 heterocycles. The molecule has 3 rings (SSSR count). The number of amides is 2. The molecule has 0 saturated heterocycles. The normalized spacial score (nSPS) is 16.7. The average molecular weight is 408 g/mol. The van der Waals surface area contributed by atoms with Crippen LogP contribution in [-0.4, -0.2) is 45.2 Å². The summed E-state index contributed by atoms with van der Waals surface area (Å²) in [6.45, 7) is 5.62. The van der Waals surface area contributed by atoms with E-state index in [0.29, 0.717) is 6.54 Å². The lowest BCUT2D eigenvalue weighted by molar-refractivity contribution is 0.256. The van der Waals surface area contributed by atoms with Crippen LogP contribution in [0.15, 0.2) is 6.07 Å². The van der Waals surface area contributed by atoms with Crippen molar-refractivity contribution < 1.29 is 13.2 Å². The minimum Gasteiger partial charge on any atom is -0.307 e. The number of benzene rings is 1. The number of nitrogens with one attached hydrogen (secondary N) is 2. The van der Waals surface area contributed by atoms with Crippen LogP contribution in [0.4, 0.5) is 10.5 Å². The fraction of sp³-hybridized carbons (Fsp3) is 0.667. The molecule has 0 aliphatic heterocycles. The molecule has 2 aliphatic carbocycles. The van der Waals surface area contributed by atoms with Crippen LogP contribution in [0.1, 0.15) is 55.4 Å². The molecule has 2 aliphatic rings. The molecule has 1 atom stereocenters. The van der Waals surface area contributed by atoms with Gasteiger partial charge in [0.05, 0.1) is 5.75 Å². The molecule has 1 aromatic carbocycles. The SMILES string of the molecule is CCCN(C)CC(C)CS(=O)(=O)NC(=O)Nc1c2c(cc3c1CCC3)CCC2. The van der Waals surface area contributed by atoms with Crippen LogP contribution in [-0.2, 0) is 35.7 Å². The number of anilines is 1. The van der Waals surface area contributed by atoms with Crippen molar-refractivity contribution in [2.75, 3.05) is 31.2 Å².